The summed E-state index contributed by atoms with van der Waals surface area (Å²) in [6.07, 6.45) is 2.74. The summed E-state index contributed by atoms with van der Waals surface area (Å²) in [7, 11) is 0. The van der Waals surface area contributed by atoms with Crippen LogP contribution in [0.5, 0.6) is 5.75 Å². The lowest BCUT2D eigenvalue weighted by Gasteiger charge is -2.06. The lowest BCUT2D eigenvalue weighted by Crippen LogP contribution is -2.07. The van der Waals surface area contributed by atoms with Gasteiger partial charge in [0.1, 0.15) is 5.75 Å². The van der Waals surface area contributed by atoms with E-state index >= 15 is 0 Å². The van der Waals surface area contributed by atoms with Gasteiger partial charge in [0.25, 0.3) is 0 Å². The first-order valence-electron chi connectivity index (χ1n) is 6.72. The molecule has 2 heterocycles. The molecule has 1 saturated heterocycles. The highest BCUT2D eigenvalue weighted by atomic mass is 32.2. The Kier molecular flexibility index (Phi) is 3.94. The molecule has 0 spiro atoms. The van der Waals surface area contributed by atoms with E-state index in [1.165, 1.54) is 12.8 Å². The molecule has 0 aliphatic carbocycles. The lowest BCUT2D eigenvalue weighted by molar-refractivity contribution is 0.129. The number of thioether (sulfide) groups is 1. The number of ether oxygens (including phenoxy) is 2. The Bertz CT molecular complexity index is 549. The summed E-state index contributed by atoms with van der Waals surface area (Å²) in [6, 6.07) is 5.95. The summed E-state index contributed by atoms with van der Waals surface area (Å²) >= 11 is 1.73. The van der Waals surface area contributed by atoms with Crippen molar-refractivity contribution >= 4 is 22.8 Å². The Labute approximate surface area is 116 Å². The third kappa shape index (κ3) is 3.04. The van der Waals surface area contributed by atoms with Crippen molar-refractivity contribution in [3.63, 3.8) is 0 Å². The fourth-order valence-corrected chi connectivity index (χ4v) is 3.19. The summed E-state index contributed by atoms with van der Waals surface area (Å²) in [6.45, 7) is 3.57. The molecule has 0 radical (unpaired) electrons. The summed E-state index contributed by atoms with van der Waals surface area (Å²) in [4.78, 5) is 7.91. The molecule has 0 amide bonds. The SMILES string of the molecule is CCOc1ccc2nc(SCC3CCCO3)[nH]c2c1. The Morgan fingerprint density at radius 2 is 2.47 bits per heavy atom. The quantitative estimate of drug-likeness (QED) is 0.853. The molecule has 102 valence electrons. The minimum Gasteiger partial charge on any atom is -0.494 e. The summed E-state index contributed by atoms with van der Waals surface area (Å²) < 4.78 is 11.1. The average Bonchev–Trinajstić information content (AvgIpc) is 3.05. The van der Waals surface area contributed by atoms with Crippen LogP contribution < -0.4 is 4.74 Å². The highest BCUT2D eigenvalue weighted by Crippen LogP contribution is 2.25. The van der Waals surface area contributed by atoms with Crippen LogP contribution in [0.25, 0.3) is 11.0 Å². The van der Waals surface area contributed by atoms with E-state index in [0.29, 0.717) is 12.7 Å². The Balaban J connectivity index is 1.69. The van der Waals surface area contributed by atoms with Crippen molar-refractivity contribution < 1.29 is 9.47 Å². The molecule has 1 fully saturated rings. The molecule has 1 aliphatic heterocycles. The molecule has 1 unspecified atom stereocenters. The number of H-pyrrole nitrogens is 1. The predicted molar refractivity (Wildman–Crippen MR) is 77.0 cm³/mol. The zero-order chi connectivity index (χ0) is 13.1. The first kappa shape index (κ1) is 12.8. The molecule has 0 bridgehead atoms. The second kappa shape index (κ2) is 5.84. The Hall–Kier alpha value is -1.20. The van der Waals surface area contributed by atoms with Gasteiger partial charge in [-0.15, -0.1) is 0 Å². The molecule has 1 aromatic heterocycles. The maximum atomic E-state index is 5.62. The first-order chi connectivity index (χ1) is 9.35. The molecule has 1 N–H and O–H groups in total. The molecule has 1 atom stereocenters. The van der Waals surface area contributed by atoms with Crippen molar-refractivity contribution in [3.05, 3.63) is 18.2 Å². The number of aromatic amines is 1. The fraction of sp³-hybridized carbons (Fsp3) is 0.500. The van der Waals surface area contributed by atoms with E-state index in [2.05, 4.69) is 9.97 Å². The van der Waals surface area contributed by atoms with Crippen molar-refractivity contribution in [1.82, 2.24) is 9.97 Å². The van der Waals surface area contributed by atoms with Crippen LogP contribution in [0.1, 0.15) is 19.8 Å². The predicted octanol–water partition coefficient (Wildman–Crippen LogP) is 3.23. The van der Waals surface area contributed by atoms with Gasteiger partial charge in [-0.1, -0.05) is 11.8 Å². The minimum absolute atomic E-state index is 0.386. The van der Waals surface area contributed by atoms with Crippen LogP contribution in [0.2, 0.25) is 0 Å². The molecule has 1 aromatic carbocycles. The van der Waals surface area contributed by atoms with Gasteiger partial charge in [0.2, 0.25) is 0 Å². The molecule has 4 nitrogen and oxygen atoms in total. The van der Waals surface area contributed by atoms with Crippen LogP contribution in [0.4, 0.5) is 0 Å². The van der Waals surface area contributed by atoms with Crippen LogP contribution in [-0.2, 0) is 4.74 Å². The van der Waals surface area contributed by atoms with Crippen molar-refractivity contribution in [2.75, 3.05) is 19.0 Å². The Morgan fingerprint density at radius 1 is 1.53 bits per heavy atom. The van der Waals surface area contributed by atoms with Gasteiger partial charge >= 0.3 is 0 Å². The number of nitrogens with zero attached hydrogens (tertiary/aromatic N) is 1. The molecular weight excluding hydrogens is 260 g/mol. The van der Waals surface area contributed by atoms with Crippen LogP contribution in [-0.4, -0.2) is 35.0 Å². The van der Waals surface area contributed by atoms with E-state index < -0.39 is 0 Å². The van der Waals surface area contributed by atoms with Gasteiger partial charge in [0, 0.05) is 18.4 Å². The average molecular weight is 278 g/mol. The topological polar surface area (TPSA) is 47.1 Å². The van der Waals surface area contributed by atoms with E-state index in [1.807, 2.05) is 25.1 Å². The fourth-order valence-electron chi connectivity index (χ4n) is 2.24. The number of aromatic nitrogens is 2. The van der Waals surface area contributed by atoms with Crippen LogP contribution in [0, 0.1) is 0 Å². The number of benzene rings is 1. The van der Waals surface area contributed by atoms with E-state index in [4.69, 9.17) is 9.47 Å². The molecule has 19 heavy (non-hydrogen) atoms. The molecular formula is C14H18N2O2S. The molecule has 1 aliphatic rings. The van der Waals surface area contributed by atoms with Gasteiger partial charge in [0.15, 0.2) is 5.16 Å². The zero-order valence-electron chi connectivity index (χ0n) is 11.0. The lowest BCUT2D eigenvalue weighted by atomic mass is 10.3. The third-order valence-corrected chi connectivity index (χ3v) is 4.18. The van der Waals surface area contributed by atoms with Crippen molar-refractivity contribution in [2.24, 2.45) is 0 Å². The largest absolute Gasteiger partial charge is 0.494 e. The summed E-state index contributed by atoms with van der Waals surface area (Å²) in [5.41, 5.74) is 2.01. The second-order valence-corrected chi connectivity index (χ2v) is 5.61. The van der Waals surface area contributed by atoms with Crippen LogP contribution in [0.3, 0.4) is 0 Å². The third-order valence-electron chi connectivity index (χ3n) is 3.17. The number of nitrogens with one attached hydrogen (secondary N) is 1. The highest BCUT2D eigenvalue weighted by molar-refractivity contribution is 7.99. The smallest absolute Gasteiger partial charge is 0.166 e. The number of fused-ring (bicyclic) bond motifs is 1. The van der Waals surface area contributed by atoms with Crippen LogP contribution in [0.15, 0.2) is 23.4 Å². The van der Waals surface area contributed by atoms with Gasteiger partial charge in [-0.3, -0.25) is 0 Å². The Morgan fingerprint density at radius 3 is 3.26 bits per heavy atom. The summed E-state index contributed by atoms with van der Waals surface area (Å²) in [5.74, 6) is 1.85. The normalized spacial score (nSPS) is 19.1. The standard InChI is InChI=1S/C14H18N2O2S/c1-2-17-10-5-6-12-13(8-10)16-14(15-12)19-9-11-4-3-7-18-11/h5-6,8,11H,2-4,7,9H2,1H3,(H,15,16). The monoisotopic (exact) mass is 278 g/mol. The van der Waals surface area contributed by atoms with Crippen molar-refractivity contribution in [1.29, 1.82) is 0 Å². The number of hydrogen-bond acceptors (Lipinski definition) is 4. The van der Waals surface area contributed by atoms with E-state index in [0.717, 1.165) is 34.3 Å². The molecule has 2 aromatic rings. The molecule has 3 rings (SSSR count). The second-order valence-electron chi connectivity index (χ2n) is 4.60. The molecule has 5 heteroatoms. The van der Waals surface area contributed by atoms with E-state index in [9.17, 15) is 0 Å². The van der Waals surface area contributed by atoms with Crippen molar-refractivity contribution in [3.8, 4) is 5.75 Å². The maximum Gasteiger partial charge on any atom is 0.166 e. The molecule has 0 saturated carbocycles. The van der Waals surface area contributed by atoms with E-state index in [1.54, 1.807) is 11.8 Å². The van der Waals surface area contributed by atoms with Gasteiger partial charge in [-0.25, -0.2) is 4.98 Å². The van der Waals surface area contributed by atoms with Gasteiger partial charge in [-0.05, 0) is 31.9 Å². The van der Waals surface area contributed by atoms with Crippen LogP contribution >= 0.6 is 11.8 Å². The number of imidazole rings is 1. The van der Waals surface area contributed by atoms with Crippen molar-refractivity contribution in [2.45, 2.75) is 31.0 Å². The van der Waals surface area contributed by atoms with Gasteiger partial charge in [-0.2, -0.15) is 0 Å². The highest BCUT2D eigenvalue weighted by Gasteiger charge is 2.16. The number of hydrogen-bond donors (Lipinski definition) is 1. The van der Waals surface area contributed by atoms with Gasteiger partial charge < -0.3 is 14.5 Å². The van der Waals surface area contributed by atoms with Gasteiger partial charge in [0.05, 0.1) is 23.7 Å². The zero-order valence-corrected chi connectivity index (χ0v) is 11.8. The summed E-state index contributed by atoms with van der Waals surface area (Å²) in [5, 5.41) is 0.958. The van der Waals surface area contributed by atoms with E-state index in [-0.39, 0.29) is 0 Å². The number of rotatable bonds is 5. The minimum atomic E-state index is 0.386. The first-order valence-corrected chi connectivity index (χ1v) is 7.70. The maximum absolute atomic E-state index is 5.62.